The molecule has 0 saturated heterocycles. The highest BCUT2D eigenvalue weighted by molar-refractivity contribution is 7.07. The Morgan fingerprint density at radius 1 is 1.21 bits per heavy atom. The van der Waals surface area contributed by atoms with Gasteiger partial charge in [0.1, 0.15) is 0 Å². The number of nitrogens with one attached hydrogen (secondary N) is 1. The van der Waals surface area contributed by atoms with Gasteiger partial charge < -0.3 is 11.1 Å². The summed E-state index contributed by atoms with van der Waals surface area (Å²) in [6.07, 6.45) is 2.82. The third-order valence-electron chi connectivity index (χ3n) is 3.11. The molecule has 0 bridgehead atoms. The van der Waals surface area contributed by atoms with Crippen molar-refractivity contribution in [1.29, 1.82) is 0 Å². The molecule has 0 atom stereocenters. The van der Waals surface area contributed by atoms with Crippen LogP contribution in [-0.4, -0.2) is 11.5 Å². The van der Waals surface area contributed by atoms with Gasteiger partial charge in [-0.3, -0.25) is 4.98 Å². The predicted octanol–water partition coefficient (Wildman–Crippen LogP) is 3.53. The number of hydrogen-bond donors (Lipinski definition) is 2. The smallest absolute Gasteiger partial charge is 0.0951 e. The Balaban J connectivity index is 1.79. The molecule has 19 heavy (non-hydrogen) atoms. The van der Waals surface area contributed by atoms with E-state index in [0.29, 0.717) is 0 Å². The van der Waals surface area contributed by atoms with Crippen molar-refractivity contribution in [2.24, 2.45) is 0 Å². The van der Waals surface area contributed by atoms with Crippen molar-refractivity contribution in [2.75, 3.05) is 17.6 Å². The summed E-state index contributed by atoms with van der Waals surface area (Å²) in [4.78, 5) is 4.34. The van der Waals surface area contributed by atoms with Gasteiger partial charge in [-0.15, -0.1) is 0 Å². The highest BCUT2D eigenvalue weighted by Crippen LogP contribution is 2.25. The van der Waals surface area contributed by atoms with Gasteiger partial charge >= 0.3 is 0 Å². The van der Waals surface area contributed by atoms with Crippen LogP contribution in [0.25, 0.3) is 10.9 Å². The third kappa shape index (κ3) is 2.53. The summed E-state index contributed by atoms with van der Waals surface area (Å²) in [5.41, 5.74) is 9.99. The van der Waals surface area contributed by atoms with Crippen molar-refractivity contribution < 1.29 is 0 Å². The van der Waals surface area contributed by atoms with Gasteiger partial charge in [0.25, 0.3) is 0 Å². The molecule has 0 saturated carbocycles. The maximum absolute atomic E-state index is 5.94. The molecule has 0 aliphatic carbocycles. The van der Waals surface area contributed by atoms with Gasteiger partial charge in [-0.1, -0.05) is 12.1 Å². The molecule has 4 heteroatoms. The lowest BCUT2D eigenvalue weighted by Gasteiger charge is -2.09. The fraction of sp³-hybridized carbons (Fsp3) is 0.133. The fourth-order valence-electron chi connectivity index (χ4n) is 2.13. The van der Waals surface area contributed by atoms with Gasteiger partial charge in [0.05, 0.1) is 11.2 Å². The zero-order valence-corrected chi connectivity index (χ0v) is 11.3. The van der Waals surface area contributed by atoms with Crippen molar-refractivity contribution in [3.05, 3.63) is 52.9 Å². The zero-order chi connectivity index (χ0) is 13.1. The van der Waals surface area contributed by atoms with E-state index in [9.17, 15) is 0 Å². The first-order valence-corrected chi connectivity index (χ1v) is 7.17. The van der Waals surface area contributed by atoms with Gasteiger partial charge in [-0.05, 0) is 40.9 Å². The molecule has 0 radical (unpaired) electrons. The molecule has 0 spiro atoms. The fourth-order valence-corrected chi connectivity index (χ4v) is 2.83. The number of benzene rings is 1. The number of nitrogens with zero attached hydrogens (tertiary/aromatic N) is 1. The molecule has 3 aromatic rings. The number of rotatable bonds is 4. The van der Waals surface area contributed by atoms with Crippen molar-refractivity contribution in [3.8, 4) is 0 Å². The molecular formula is C15H15N3S. The molecule has 0 unspecified atom stereocenters. The Hall–Kier alpha value is -2.07. The first kappa shape index (κ1) is 12.0. The number of nitrogen functional groups attached to an aromatic ring is 1. The Bertz CT molecular complexity index is 677. The maximum atomic E-state index is 5.94. The summed E-state index contributed by atoms with van der Waals surface area (Å²) in [7, 11) is 0. The largest absolute Gasteiger partial charge is 0.397 e. The Kier molecular flexibility index (Phi) is 3.33. The second-order valence-corrected chi connectivity index (χ2v) is 5.19. The molecule has 2 aromatic heterocycles. The first-order valence-electron chi connectivity index (χ1n) is 6.23. The Morgan fingerprint density at radius 3 is 3.00 bits per heavy atom. The zero-order valence-electron chi connectivity index (χ0n) is 10.5. The lowest BCUT2D eigenvalue weighted by atomic mass is 10.1. The van der Waals surface area contributed by atoms with Crippen LogP contribution in [0.5, 0.6) is 0 Å². The molecule has 0 aliphatic rings. The van der Waals surface area contributed by atoms with E-state index in [1.807, 2.05) is 24.3 Å². The summed E-state index contributed by atoms with van der Waals surface area (Å²) in [5, 5.41) is 8.83. The van der Waals surface area contributed by atoms with Gasteiger partial charge in [0, 0.05) is 23.8 Å². The van der Waals surface area contributed by atoms with Gasteiger partial charge in [0.2, 0.25) is 0 Å². The van der Waals surface area contributed by atoms with E-state index < -0.39 is 0 Å². The van der Waals surface area contributed by atoms with Crippen molar-refractivity contribution in [1.82, 2.24) is 4.98 Å². The molecule has 2 heterocycles. The summed E-state index contributed by atoms with van der Waals surface area (Å²) in [5.74, 6) is 0. The highest BCUT2D eigenvalue weighted by atomic mass is 32.1. The lowest BCUT2D eigenvalue weighted by molar-refractivity contribution is 1.03. The Morgan fingerprint density at radius 2 is 2.16 bits per heavy atom. The molecule has 0 fully saturated rings. The van der Waals surface area contributed by atoms with Gasteiger partial charge in [0.15, 0.2) is 0 Å². The molecule has 1 aromatic carbocycles. The quantitative estimate of drug-likeness (QED) is 0.712. The number of thiophene rings is 1. The number of anilines is 2. The lowest BCUT2D eigenvalue weighted by Crippen LogP contribution is -2.05. The van der Waals surface area contributed by atoms with Crippen LogP contribution in [0.3, 0.4) is 0 Å². The van der Waals surface area contributed by atoms with Crippen molar-refractivity contribution in [3.63, 3.8) is 0 Å². The van der Waals surface area contributed by atoms with Crippen LogP contribution in [0.4, 0.5) is 11.4 Å². The molecule has 0 amide bonds. The molecule has 3 N–H and O–H groups in total. The molecule has 3 rings (SSSR count). The van der Waals surface area contributed by atoms with Crippen molar-refractivity contribution >= 4 is 33.6 Å². The summed E-state index contributed by atoms with van der Waals surface area (Å²) >= 11 is 1.74. The minimum Gasteiger partial charge on any atom is -0.397 e. The van der Waals surface area contributed by atoms with Crippen LogP contribution in [0.15, 0.2) is 47.3 Å². The number of fused-ring (bicyclic) bond motifs is 1. The van der Waals surface area contributed by atoms with Crippen molar-refractivity contribution in [2.45, 2.75) is 6.42 Å². The average molecular weight is 269 g/mol. The number of hydrogen-bond acceptors (Lipinski definition) is 4. The minimum atomic E-state index is 0.721. The number of para-hydroxylation sites is 1. The van der Waals surface area contributed by atoms with Crippen LogP contribution in [0, 0.1) is 0 Å². The predicted molar refractivity (Wildman–Crippen MR) is 82.7 cm³/mol. The topological polar surface area (TPSA) is 50.9 Å². The molecule has 96 valence electrons. The van der Waals surface area contributed by atoms with E-state index in [0.717, 1.165) is 35.2 Å². The summed E-state index contributed by atoms with van der Waals surface area (Å²) in [6, 6.07) is 10.0. The Labute approximate surface area is 116 Å². The van der Waals surface area contributed by atoms with E-state index in [4.69, 9.17) is 5.73 Å². The highest BCUT2D eigenvalue weighted by Gasteiger charge is 2.03. The normalized spacial score (nSPS) is 10.7. The standard InChI is InChI=1S/C15H15N3S/c16-13-3-1-2-12-14(5-8-18-15(12)13)17-7-4-11-6-9-19-10-11/h1-3,5-6,8-10H,4,7,16H2,(H,17,18). The molecule has 0 aliphatic heterocycles. The number of nitrogens with two attached hydrogens (primary N) is 1. The average Bonchev–Trinajstić information content (AvgIpc) is 2.93. The number of pyridine rings is 1. The minimum absolute atomic E-state index is 0.721. The summed E-state index contributed by atoms with van der Waals surface area (Å²) in [6.45, 7) is 0.907. The van der Waals surface area contributed by atoms with E-state index in [2.05, 4.69) is 27.1 Å². The van der Waals surface area contributed by atoms with Crippen LogP contribution in [0.2, 0.25) is 0 Å². The van der Waals surface area contributed by atoms with E-state index in [1.165, 1.54) is 5.56 Å². The van der Waals surface area contributed by atoms with Crippen LogP contribution in [-0.2, 0) is 6.42 Å². The summed E-state index contributed by atoms with van der Waals surface area (Å²) < 4.78 is 0. The second kappa shape index (κ2) is 5.28. The van der Waals surface area contributed by atoms with Crippen LogP contribution in [0.1, 0.15) is 5.56 Å². The van der Waals surface area contributed by atoms with E-state index in [-0.39, 0.29) is 0 Å². The third-order valence-corrected chi connectivity index (χ3v) is 3.84. The van der Waals surface area contributed by atoms with E-state index >= 15 is 0 Å². The van der Waals surface area contributed by atoms with E-state index in [1.54, 1.807) is 17.5 Å². The first-order chi connectivity index (χ1) is 9.34. The maximum Gasteiger partial charge on any atom is 0.0951 e. The second-order valence-electron chi connectivity index (χ2n) is 4.41. The van der Waals surface area contributed by atoms with Gasteiger partial charge in [-0.2, -0.15) is 11.3 Å². The van der Waals surface area contributed by atoms with Crippen LogP contribution >= 0.6 is 11.3 Å². The van der Waals surface area contributed by atoms with Gasteiger partial charge in [-0.25, -0.2) is 0 Å². The van der Waals surface area contributed by atoms with Crippen LogP contribution < -0.4 is 11.1 Å². The molecular weight excluding hydrogens is 254 g/mol. The SMILES string of the molecule is Nc1cccc2c(NCCc3ccsc3)ccnc12. The monoisotopic (exact) mass is 269 g/mol. The number of aromatic nitrogens is 1. The molecule has 3 nitrogen and oxygen atoms in total.